The molecule has 1 aliphatic carbocycles. The van der Waals surface area contributed by atoms with Gasteiger partial charge in [0.2, 0.25) is 11.8 Å². The van der Waals surface area contributed by atoms with E-state index in [4.69, 9.17) is 5.10 Å². The van der Waals surface area contributed by atoms with Gasteiger partial charge in [-0.25, -0.2) is 9.07 Å². The fourth-order valence-corrected chi connectivity index (χ4v) is 7.00. The molecule has 1 spiro atoms. The Kier molecular flexibility index (Phi) is 11.9. The number of unbranched alkanes of at least 4 members (excludes halogenated alkanes) is 1. The van der Waals surface area contributed by atoms with Crippen molar-refractivity contribution in [2.45, 2.75) is 103 Å². The summed E-state index contributed by atoms with van der Waals surface area (Å²) in [4.78, 5) is 31.8. The molecule has 234 valence electrons. The van der Waals surface area contributed by atoms with Gasteiger partial charge in [-0.1, -0.05) is 32.6 Å². The average molecular weight is 627 g/mol. The van der Waals surface area contributed by atoms with Crippen molar-refractivity contribution in [1.82, 2.24) is 24.9 Å². The molecule has 5 rings (SSSR count). The highest BCUT2D eigenvalue weighted by Crippen LogP contribution is 2.37. The fourth-order valence-electron chi connectivity index (χ4n) is 7.00. The third kappa shape index (κ3) is 6.64. The largest absolute Gasteiger partial charge is 0.390 e. The third-order valence-electron chi connectivity index (χ3n) is 9.54. The second-order valence-electron chi connectivity index (χ2n) is 12.0. The summed E-state index contributed by atoms with van der Waals surface area (Å²) in [7, 11) is 0. The summed E-state index contributed by atoms with van der Waals surface area (Å²) in [5.74, 6) is -0.443. The molecule has 0 unspecified atom stereocenters. The Labute approximate surface area is 261 Å². The SMILES string of the molecule is CCCCN1C(=O)[C@@H]([C@H](O)C2CCCCC2)NC(=O)C12CCN(Cc1c(C)nn(-c3ccc(F)cc3)c1C)CC2.Cl.Cl. The van der Waals surface area contributed by atoms with E-state index in [1.807, 2.05) is 23.4 Å². The van der Waals surface area contributed by atoms with E-state index in [-0.39, 0.29) is 48.4 Å². The summed E-state index contributed by atoms with van der Waals surface area (Å²) in [6, 6.07) is 5.49. The molecule has 2 saturated heterocycles. The van der Waals surface area contributed by atoms with Crippen LogP contribution in [0.3, 0.4) is 0 Å². The van der Waals surface area contributed by atoms with E-state index < -0.39 is 17.7 Å². The van der Waals surface area contributed by atoms with Crippen LogP contribution in [0.2, 0.25) is 0 Å². The van der Waals surface area contributed by atoms with Gasteiger partial charge in [-0.2, -0.15) is 5.10 Å². The summed E-state index contributed by atoms with van der Waals surface area (Å²) in [5, 5.41) is 18.9. The molecule has 0 bridgehead atoms. The molecule has 42 heavy (non-hydrogen) atoms. The van der Waals surface area contributed by atoms with Gasteiger partial charge >= 0.3 is 0 Å². The van der Waals surface area contributed by atoms with Crippen LogP contribution in [0.5, 0.6) is 0 Å². The van der Waals surface area contributed by atoms with Gasteiger partial charge in [0.05, 0.1) is 17.5 Å². The zero-order valence-corrected chi connectivity index (χ0v) is 26.6. The van der Waals surface area contributed by atoms with Crippen LogP contribution in [0.4, 0.5) is 4.39 Å². The highest BCUT2D eigenvalue weighted by molar-refractivity contribution is 6.00. The van der Waals surface area contributed by atoms with Gasteiger partial charge in [0.1, 0.15) is 17.4 Å². The van der Waals surface area contributed by atoms with Crippen molar-refractivity contribution in [3.05, 3.63) is 47.0 Å². The average Bonchev–Trinajstić information content (AvgIpc) is 3.25. The number of aliphatic hydroxyl groups excluding tert-OH is 1. The Morgan fingerprint density at radius 2 is 1.71 bits per heavy atom. The summed E-state index contributed by atoms with van der Waals surface area (Å²) in [6.45, 7) is 8.71. The summed E-state index contributed by atoms with van der Waals surface area (Å²) >= 11 is 0. The molecule has 1 aromatic carbocycles. The standard InChI is InChI=1S/C31H44FN5O3.2ClH/c1-4-5-17-36-29(39)27(28(38)23-9-7-6-8-10-23)33-30(40)31(36)15-18-35(19-16-31)20-26-21(2)34-37(22(26)3)25-13-11-24(32)12-14-25;;/h11-14,23,27-28,38H,4-10,15-20H2,1-3H3,(H,33,40);2*1H/t27-,28-;;/m1../s1. The van der Waals surface area contributed by atoms with Crippen LogP contribution in [-0.4, -0.2) is 73.8 Å². The first-order valence-corrected chi connectivity index (χ1v) is 15.1. The number of aryl methyl sites for hydroxylation is 1. The molecule has 1 aromatic heterocycles. The van der Waals surface area contributed by atoms with Gasteiger partial charge in [0, 0.05) is 37.4 Å². The number of hydrogen-bond acceptors (Lipinski definition) is 5. The maximum Gasteiger partial charge on any atom is 0.248 e. The van der Waals surface area contributed by atoms with Gasteiger partial charge in [0.25, 0.3) is 0 Å². The number of piperidine rings is 1. The minimum absolute atomic E-state index is 0. The summed E-state index contributed by atoms with van der Waals surface area (Å²) < 4.78 is 15.3. The van der Waals surface area contributed by atoms with Crippen LogP contribution < -0.4 is 5.32 Å². The highest BCUT2D eigenvalue weighted by Gasteiger charge is 2.55. The molecular weight excluding hydrogens is 580 g/mol. The molecule has 2 amide bonds. The van der Waals surface area contributed by atoms with Crippen LogP contribution in [-0.2, 0) is 16.1 Å². The van der Waals surface area contributed by atoms with Gasteiger partial charge < -0.3 is 15.3 Å². The van der Waals surface area contributed by atoms with Crippen molar-refractivity contribution in [3.8, 4) is 5.69 Å². The number of benzene rings is 1. The predicted octanol–water partition coefficient (Wildman–Crippen LogP) is 4.87. The van der Waals surface area contributed by atoms with Crippen molar-refractivity contribution < 1.29 is 19.1 Å². The minimum atomic E-state index is -0.867. The van der Waals surface area contributed by atoms with Gasteiger partial charge in [0.15, 0.2) is 0 Å². The van der Waals surface area contributed by atoms with Gasteiger partial charge in [-0.15, -0.1) is 24.8 Å². The first kappa shape index (κ1) is 34.3. The number of piperazine rings is 1. The van der Waals surface area contributed by atoms with Crippen LogP contribution in [0.15, 0.2) is 24.3 Å². The quantitative estimate of drug-likeness (QED) is 0.437. The van der Waals surface area contributed by atoms with E-state index in [1.165, 1.54) is 18.6 Å². The fraction of sp³-hybridized carbons (Fsp3) is 0.645. The number of amides is 2. The highest BCUT2D eigenvalue weighted by atomic mass is 35.5. The number of aromatic nitrogens is 2. The lowest BCUT2D eigenvalue weighted by Crippen LogP contribution is -2.75. The molecule has 3 fully saturated rings. The van der Waals surface area contributed by atoms with Crippen LogP contribution >= 0.6 is 24.8 Å². The van der Waals surface area contributed by atoms with Gasteiger partial charge in [-0.3, -0.25) is 14.5 Å². The lowest BCUT2D eigenvalue weighted by molar-refractivity contribution is -0.166. The molecule has 2 aromatic rings. The van der Waals surface area contributed by atoms with Crippen LogP contribution in [0.1, 0.15) is 81.7 Å². The molecule has 3 heterocycles. The molecule has 1 saturated carbocycles. The molecule has 3 aliphatic rings. The van der Waals surface area contributed by atoms with Crippen molar-refractivity contribution >= 4 is 36.6 Å². The maximum atomic E-state index is 13.9. The van der Waals surface area contributed by atoms with Crippen LogP contribution in [0, 0.1) is 25.6 Å². The van der Waals surface area contributed by atoms with E-state index in [1.54, 1.807) is 12.1 Å². The summed E-state index contributed by atoms with van der Waals surface area (Å²) in [6.07, 6.45) is 7.17. The van der Waals surface area contributed by atoms with Crippen molar-refractivity contribution in [3.63, 3.8) is 0 Å². The molecule has 0 radical (unpaired) electrons. The first-order valence-electron chi connectivity index (χ1n) is 15.1. The minimum Gasteiger partial charge on any atom is -0.390 e. The number of aliphatic hydroxyl groups is 1. The number of nitrogens with zero attached hydrogens (tertiary/aromatic N) is 4. The molecule has 2 atom stereocenters. The van der Waals surface area contributed by atoms with E-state index >= 15 is 0 Å². The number of hydrogen-bond donors (Lipinski definition) is 2. The van der Waals surface area contributed by atoms with Crippen molar-refractivity contribution in [2.24, 2.45) is 5.92 Å². The molecule has 2 N–H and O–H groups in total. The number of nitrogens with one attached hydrogen (secondary N) is 1. The second-order valence-corrected chi connectivity index (χ2v) is 12.0. The smallest absolute Gasteiger partial charge is 0.248 e. The molecule has 11 heteroatoms. The zero-order chi connectivity index (χ0) is 28.4. The summed E-state index contributed by atoms with van der Waals surface area (Å²) in [5.41, 5.74) is 3.02. The zero-order valence-electron chi connectivity index (χ0n) is 25.0. The number of halogens is 3. The Balaban J connectivity index is 0.00000242. The number of likely N-dealkylation sites (tertiary alicyclic amines) is 1. The number of carbonyl (C=O) groups excluding carboxylic acids is 2. The lowest BCUT2D eigenvalue weighted by atomic mass is 9.78. The topological polar surface area (TPSA) is 90.7 Å². The number of carbonyl (C=O) groups is 2. The Hall–Kier alpha value is -2.20. The Morgan fingerprint density at radius 3 is 2.33 bits per heavy atom. The Bertz CT molecular complexity index is 1210. The maximum absolute atomic E-state index is 13.9. The van der Waals surface area contributed by atoms with E-state index in [9.17, 15) is 19.1 Å². The normalized spacial score (nSPS) is 21.9. The second kappa shape index (κ2) is 14.5. The van der Waals surface area contributed by atoms with E-state index in [0.29, 0.717) is 39.0 Å². The predicted molar refractivity (Wildman–Crippen MR) is 166 cm³/mol. The molecular formula is C31H46Cl2FN5O3. The first-order chi connectivity index (χ1) is 19.2. The molecule has 2 aliphatic heterocycles. The monoisotopic (exact) mass is 625 g/mol. The third-order valence-corrected chi connectivity index (χ3v) is 9.54. The Morgan fingerprint density at radius 1 is 1.07 bits per heavy atom. The lowest BCUT2D eigenvalue weighted by Gasteiger charge is -2.52. The van der Waals surface area contributed by atoms with E-state index in [0.717, 1.165) is 61.2 Å². The van der Waals surface area contributed by atoms with Gasteiger partial charge in [-0.05, 0) is 76.1 Å². The van der Waals surface area contributed by atoms with Crippen molar-refractivity contribution in [1.29, 1.82) is 0 Å². The molecule has 8 nitrogen and oxygen atoms in total. The number of rotatable bonds is 8. The van der Waals surface area contributed by atoms with Crippen molar-refractivity contribution in [2.75, 3.05) is 19.6 Å². The van der Waals surface area contributed by atoms with Crippen LogP contribution in [0.25, 0.3) is 5.69 Å². The van der Waals surface area contributed by atoms with E-state index in [2.05, 4.69) is 17.1 Å².